The third-order valence-corrected chi connectivity index (χ3v) is 8.00. The van der Waals surface area contributed by atoms with Gasteiger partial charge in [-0.05, 0) is 38.5 Å². The van der Waals surface area contributed by atoms with E-state index in [0.717, 1.165) is 51.4 Å². The van der Waals surface area contributed by atoms with Crippen molar-refractivity contribution in [3.63, 3.8) is 0 Å². The molecular weight excluding hydrogens is 527 g/mol. The van der Waals surface area contributed by atoms with Crippen molar-refractivity contribution < 1.29 is 32.9 Å². The second-order valence-corrected chi connectivity index (χ2v) is 13.6. The summed E-state index contributed by atoms with van der Waals surface area (Å²) in [6, 6.07) is -0.755. The summed E-state index contributed by atoms with van der Waals surface area (Å²) in [7, 11) is 1.60. The smallest absolute Gasteiger partial charge is 0.391 e. The average molecular weight is 592 g/mol. The molecule has 40 heavy (non-hydrogen) atoms. The Balaban J connectivity index is 4.50. The van der Waals surface area contributed by atoms with Crippen LogP contribution in [0.2, 0.25) is 0 Å². The number of aliphatic hydroxyl groups excluding tert-OH is 1. The molecule has 238 valence electrons. The first kappa shape index (κ1) is 39.2. The quantitative estimate of drug-likeness (QED) is 0.0382. The summed E-state index contributed by atoms with van der Waals surface area (Å²) in [6.07, 6.45) is 22.5. The van der Waals surface area contributed by atoms with E-state index in [1.54, 1.807) is 0 Å². The molecule has 8 nitrogen and oxygen atoms in total. The van der Waals surface area contributed by atoms with Crippen LogP contribution in [0.15, 0.2) is 12.2 Å². The van der Waals surface area contributed by atoms with Crippen LogP contribution in [0.25, 0.3) is 0 Å². The molecule has 0 bridgehead atoms. The second kappa shape index (κ2) is 24.8. The van der Waals surface area contributed by atoms with E-state index in [4.69, 9.17) is 9.05 Å². The number of phosphoric acid groups is 1. The number of aliphatic hydroxyl groups is 1. The summed E-state index contributed by atoms with van der Waals surface area (Å²) in [4.78, 5) is 22.7. The van der Waals surface area contributed by atoms with E-state index in [1.165, 1.54) is 51.4 Å². The standard InChI is InChI=1S/C31H63N2O6P/c1-6-8-10-12-14-15-16-17-18-19-21-23-25-31(35)32-29(30(34)24-22-20-13-11-9-7-2)28-39-40(36,37)38-27-26-33(3,4)5/h14-15,29-30,34H,6-13,16-28H2,1-5H3,(H-,32,35,36,37)/p+1/b15-14-. The number of likely N-dealkylation sites (N-methyl/N-ethyl adjacent to an activating group) is 1. The number of allylic oxidation sites excluding steroid dienone is 2. The van der Waals surface area contributed by atoms with Crippen LogP contribution in [-0.2, 0) is 18.4 Å². The van der Waals surface area contributed by atoms with E-state index >= 15 is 0 Å². The van der Waals surface area contributed by atoms with Gasteiger partial charge >= 0.3 is 7.82 Å². The number of rotatable bonds is 28. The van der Waals surface area contributed by atoms with Gasteiger partial charge < -0.3 is 19.8 Å². The number of hydrogen-bond donors (Lipinski definition) is 3. The van der Waals surface area contributed by atoms with Gasteiger partial charge in [0.1, 0.15) is 13.2 Å². The van der Waals surface area contributed by atoms with Gasteiger partial charge in [-0.1, -0.05) is 96.6 Å². The highest BCUT2D eigenvalue weighted by atomic mass is 31.2. The fourth-order valence-corrected chi connectivity index (χ4v) is 5.07. The SMILES string of the molecule is CCCCC/C=C\CCCCCCCC(=O)NC(COP(=O)(O)OCC[N+](C)(C)C)C(O)CCCCCCCC. The molecule has 0 fully saturated rings. The van der Waals surface area contributed by atoms with E-state index in [-0.39, 0.29) is 19.1 Å². The van der Waals surface area contributed by atoms with E-state index in [1.807, 2.05) is 21.1 Å². The maximum atomic E-state index is 12.6. The molecule has 0 saturated heterocycles. The first-order chi connectivity index (χ1) is 19.0. The highest BCUT2D eigenvalue weighted by Crippen LogP contribution is 2.43. The van der Waals surface area contributed by atoms with Crippen LogP contribution >= 0.6 is 7.82 Å². The number of nitrogens with zero attached hydrogens (tertiary/aromatic N) is 1. The van der Waals surface area contributed by atoms with Gasteiger partial charge in [-0.15, -0.1) is 0 Å². The number of quaternary nitrogens is 1. The Kier molecular flexibility index (Phi) is 24.3. The number of carbonyl (C=O) groups excluding carboxylic acids is 1. The van der Waals surface area contributed by atoms with Crippen molar-refractivity contribution in [1.29, 1.82) is 0 Å². The van der Waals surface area contributed by atoms with Crippen molar-refractivity contribution in [3.8, 4) is 0 Å². The van der Waals surface area contributed by atoms with E-state index in [9.17, 15) is 19.4 Å². The van der Waals surface area contributed by atoms with Crippen LogP contribution in [0.4, 0.5) is 0 Å². The maximum absolute atomic E-state index is 12.6. The molecule has 0 aromatic carbocycles. The number of amides is 1. The van der Waals surface area contributed by atoms with Crippen molar-refractivity contribution in [3.05, 3.63) is 12.2 Å². The number of hydrogen-bond acceptors (Lipinski definition) is 5. The average Bonchev–Trinajstić information content (AvgIpc) is 2.88. The highest BCUT2D eigenvalue weighted by Gasteiger charge is 2.28. The largest absolute Gasteiger partial charge is 0.472 e. The maximum Gasteiger partial charge on any atom is 0.472 e. The van der Waals surface area contributed by atoms with Crippen LogP contribution in [-0.4, -0.2) is 73.4 Å². The molecule has 1 amide bonds. The fourth-order valence-electron chi connectivity index (χ4n) is 4.33. The highest BCUT2D eigenvalue weighted by molar-refractivity contribution is 7.47. The molecule has 9 heteroatoms. The Morgan fingerprint density at radius 3 is 1.98 bits per heavy atom. The van der Waals surface area contributed by atoms with Crippen LogP contribution in [0.1, 0.15) is 129 Å². The van der Waals surface area contributed by atoms with Gasteiger partial charge in [0.2, 0.25) is 5.91 Å². The van der Waals surface area contributed by atoms with Gasteiger partial charge in [0.25, 0.3) is 0 Å². The zero-order chi connectivity index (χ0) is 30.1. The Bertz CT molecular complexity index is 683. The summed E-state index contributed by atoms with van der Waals surface area (Å²) in [6.45, 7) is 4.75. The van der Waals surface area contributed by atoms with Crippen molar-refractivity contribution in [2.24, 2.45) is 0 Å². The zero-order valence-corrected chi connectivity index (χ0v) is 27.5. The van der Waals surface area contributed by atoms with Crippen molar-refractivity contribution >= 4 is 13.7 Å². The van der Waals surface area contributed by atoms with Crippen LogP contribution < -0.4 is 5.32 Å². The summed E-state index contributed by atoms with van der Waals surface area (Å²) in [5.41, 5.74) is 0. The van der Waals surface area contributed by atoms with Crippen molar-refractivity contribution in [2.75, 3.05) is 40.9 Å². The van der Waals surface area contributed by atoms with Crippen LogP contribution in [0.5, 0.6) is 0 Å². The molecule has 0 aliphatic rings. The number of nitrogens with one attached hydrogen (secondary N) is 1. The lowest BCUT2D eigenvalue weighted by molar-refractivity contribution is -0.870. The van der Waals surface area contributed by atoms with Crippen LogP contribution in [0.3, 0.4) is 0 Å². The molecular formula is C31H64N2O6P+. The molecule has 3 unspecified atom stereocenters. The summed E-state index contributed by atoms with van der Waals surface area (Å²) < 4.78 is 23.3. The van der Waals surface area contributed by atoms with Gasteiger partial charge in [0.05, 0.1) is 39.9 Å². The number of unbranched alkanes of at least 4 members (excludes halogenated alkanes) is 13. The first-order valence-electron chi connectivity index (χ1n) is 16.1. The monoisotopic (exact) mass is 591 g/mol. The lowest BCUT2D eigenvalue weighted by atomic mass is 10.0. The second-order valence-electron chi connectivity index (χ2n) is 12.2. The Morgan fingerprint density at radius 2 is 1.35 bits per heavy atom. The molecule has 0 rings (SSSR count). The minimum atomic E-state index is -4.29. The molecule has 0 aromatic heterocycles. The summed E-state index contributed by atoms with van der Waals surface area (Å²) in [5.74, 6) is -0.163. The van der Waals surface area contributed by atoms with Gasteiger partial charge in [0.15, 0.2) is 0 Å². The Morgan fingerprint density at radius 1 is 0.825 bits per heavy atom. The lowest BCUT2D eigenvalue weighted by Gasteiger charge is -2.26. The van der Waals surface area contributed by atoms with Gasteiger partial charge in [0, 0.05) is 6.42 Å². The number of carbonyl (C=O) groups is 1. The Hall–Kier alpha value is -0.760. The first-order valence-corrected chi connectivity index (χ1v) is 17.5. The summed E-state index contributed by atoms with van der Waals surface area (Å²) >= 11 is 0. The van der Waals surface area contributed by atoms with Crippen molar-refractivity contribution in [1.82, 2.24) is 5.32 Å². The topological polar surface area (TPSA) is 105 Å². The number of phosphoric ester groups is 1. The minimum Gasteiger partial charge on any atom is -0.391 e. The molecule has 0 heterocycles. The molecule has 0 spiro atoms. The molecule has 0 saturated carbocycles. The molecule has 3 N–H and O–H groups in total. The van der Waals surface area contributed by atoms with E-state index < -0.39 is 20.0 Å². The predicted molar refractivity (Wildman–Crippen MR) is 166 cm³/mol. The summed E-state index contributed by atoms with van der Waals surface area (Å²) in [5, 5.41) is 13.7. The van der Waals surface area contributed by atoms with Gasteiger partial charge in [-0.2, -0.15) is 0 Å². The predicted octanol–water partition coefficient (Wildman–Crippen LogP) is 7.29. The minimum absolute atomic E-state index is 0.0733. The fraction of sp³-hybridized carbons (Fsp3) is 0.903. The molecule has 3 atom stereocenters. The van der Waals surface area contributed by atoms with E-state index in [2.05, 4.69) is 31.3 Å². The van der Waals surface area contributed by atoms with Gasteiger partial charge in [-0.3, -0.25) is 13.8 Å². The molecule has 0 aliphatic carbocycles. The van der Waals surface area contributed by atoms with Crippen molar-refractivity contribution in [2.45, 2.75) is 142 Å². The lowest BCUT2D eigenvalue weighted by Crippen LogP contribution is -2.46. The normalized spacial score (nSPS) is 15.3. The van der Waals surface area contributed by atoms with Crippen LogP contribution in [0, 0.1) is 0 Å². The molecule has 0 aliphatic heterocycles. The Labute approximate surface area is 246 Å². The van der Waals surface area contributed by atoms with E-state index in [0.29, 0.717) is 23.9 Å². The zero-order valence-electron chi connectivity index (χ0n) is 26.6. The third kappa shape index (κ3) is 26.2. The van der Waals surface area contributed by atoms with Gasteiger partial charge in [-0.25, -0.2) is 4.57 Å². The molecule has 0 radical (unpaired) electrons. The third-order valence-electron chi connectivity index (χ3n) is 7.01. The molecule has 0 aromatic rings.